The van der Waals surface area contributed by atoms with Crippen molar-refractivity contribution in [1.82, 2.24) is 5.32 Å². The van der Waals surface area contributed by atoms with Gasteiger partial charge in [-0.2, -0.15) is 11.3 Å². The predicted molar refractivity (Wildman–Crippen MR) is 73.6 cm³/mol. The Labute approximate surface area is 106 Å². The van der Waals surface area contributed by atoms with Crippen molar-refractivity contribution in [2.24, 2.45) is 0 Å². The zero-order valence-corrected chi connectivity index (χ0v) is 10.6. The smallest absolute Gasteiger partial charge is 0.0143 e. The third-order valence-corrected chi connectivity index (χ3v) is 4.15. The van der Waals surface area contributed by atoms with Gasteiger partial charge in [0.05, 0.1) is 0 Å². The number of hydrogen-bond donors (Lipinski definition) is 1. The first-order chi connectivity index (χ1) is 8.43. The molecule has 1 aliphatic rings. The molecule has 1 saturated carbocycles. The van der Waals surface area contributed by atoms with Gasteiger partial charge in [-0.05, 0) is 47.3 Å². The van der Waals surface area contributed by atoms with Crippen LogP contribution in [-0.2, 0) is 6.42 Å². The van der Waals surface area contributed by atoms with Crippen LogP contribution in [0.25, 0.3) is 0 Å². The molecule has 1 aromatic carbocycles. The lowest BCUT2D eigenvalue weighted by Crippen LogP contribution is -2.20. The molecule has 0 saturated heterocycles. The van der Waals surface area contributed by atoms with E-state index in [9.17, 15) is 0 Å². The second kappa shape index (κ2) is 5.03. The first-order valence-corrected chi connectivity index (χ1v) is 7.17. The molecule has 17 heavy (non-hydrogen) atoms. The lowest BCUT2D eigenvalue weighted by atomic mass is 10.1. The number of rotatable bonds is 5. The van der Waals surface area contributed by atoms with Crippen molar-refractivity contribution in [3.05, 3.63) is 58.3 Å². The van der Waals surface area contributed by atoms with E-state index < -0.39 is 0 Å². The zero-order valence-electron chi connectivity index (χ0n) is 9.80. The van der Waals surface area contributed by atoms with E-state index in [0.717, 1.165) is 18.9 Å². The summed E-state index contributed by atoms with van der Waals surface area (Å²) >= 11 is 1.78. The van der Waals surface area contributed by atoms with Crippen LogP contribution in [0, 0.1) is 0 Å². The molecular formula is C15H17NS. The van der Waals surface area contributed by atoms with Crippen molar-refractivity contribution >= 4 is 11.3 Å². The van der Waals surface area contributed by atoms with E-state index in [4.69, 9.17) is 0 Å². The molecule has 0 amide bonds. The van der Waals surface area contributed by atoms with E-state index in [0.29, 0.717) is 6.04 Å². The van der Waals surface area contributed by atoms with Crippen LogP contribution in [0.2, 0.25) is 0 Å². The molecule has 1 aromatic heterocycles. The highest BCUT2D eigenvalue weighted by atomic mass is 32.1. The average Bonchev–Trinajstić information content (AvgIpc) is 2.95. The van der Waals surface area contributed by atoms with Gasteiger partial charge < -0.3 is 5.32 Å². The van der Waals surface area contributed by atoms with Crippen molar-refractivity contribution in [3.8, 4) is 0 Å². The highest BCUT2D eigenvalue weighted by molar-refractivity contribution is 7.07. The van der Waals surface area contributed by atoms with Crippen molar-refractivity contribution in [1.29, 1.82) is 0 Å². The van der Waals surface area contributed by atoms with Gasteiger partial charge in [-0.15, -0.1) is 0 Å². The second-order valence-electron chi connectivity index (χ2n) is 4.70. The maximum Gasteiger partial charge on any atom is 0.0143 e. The van der Waals surface area contributed by atoms with Gasteiger partial charge in [0.1, 0.15) is 0 Å². The van der Waals surface area contributed by atoms with E-state index in [1.807, 2.05) is 0 Å². The maximum absolute atomic E-state index is 3.65. The van der Waals surface area contributed by atoms with Crippen LogP contribution in [0.1, 0.15) is 23.5 Å². The zero-order chi connectivity index (χ0) is 11.5. The quantitative estimate of drug-likeness (QED) is 0.848. The SMILES string of the molecule is c1ccc(C2CC2NCCc2ccsc2)cc1. The summed E-state index contributed by atoms with van der Waals surface area (Å²) in [5, 5.41) is 8.04. The fourth-order valence-corrected chi connectivity index (χ4v) is 3.03. The molecule has 2 aromatic rings. The van der Waals surface area contributed by atoms with Gasteiger partial charge in [-0.3, -0.25) is 0 Å². The standard InChI is InChI=1S/C15H17NS/c1-2-4-13(5-3-1)14-10-15(14)16-8-6-12-7-9-17-11-12/h1-5,7,9,11,14-16H,6,8,10H2. The van der Waals surface area contributed by atoms with Gasteiger partial charge in [0.25, 0.3) is 0 Å². The number of benzene rings is 1. The van der Waals surface area contributed by atoms with E-state index >= 15 is 0 Å². The summed E-state index contributed by atoms with van der Waals surface area (Å²) in [6.07, 6.45) is 2.45. The molecule has 1 heterocycles. The number of thiophene rings is 1. The molecule has 88 valence electrons. The molecule has 0 radical (unpaired) electrons. The third kappa shape index (κ3) is 2.76. The molecule has 1 nitrogen and oxygen atoms in total. The Bertz CT molecular complexity index is 449. The first-order valence-electron chi connectivity index (χ1n) is 6.23. The predicted octanol–water partition coefficient (Wildman–Crippen LogP) is 3.44. The lowest BCUT2D eigenvalue weighted by Gasteiger charge is -2.03. The van der Waals surface area contributed by atoms with Crippen LogP contribution < -0.4 is 5.32 Å². The van der Waals surface area contributed by atoms with Crippen LogP contribution in [0.4, 0.5) is 0 Å². The van der Waals surface area contributed by atoms with Gasteiger partial charge in [0.15, 0.2) is 0 Å². The Hall–Kier alpha value is -1.12. The summed E-state index contributed by atoms with van der Waals surface area (Å²) in [5.41, 5.74) is 2.94. The fourth-order valence-electron chi connectivity index (χ4n) is 2.33. The van der Waals surface area contributed by atoms with E-state index in [1.54, 1.807) is 11.3 Å². The third-order valence-electron chi connectivity index (χ3n) is 3.42. The van der Waals surface area contributed by atoms with Gasteiger partial charge in [0.2, 0.25) is 0 Å². The maximum atomic E-state index is 3.65. The van der Waals surface area contributed by atoms with Crippen LogP contribution in [0.5, 0.6) is 0 Å². The summed E-state index contributed by atoms with van der Waals surface area (Å²) in [4.78, 5) is 0. The second-order valence-corrected chi connectivity index (χ2v) is 5.48. The van der Waals surface area contributed by atoms with Crippen LogP contribution in [0.15, 0.2) is 47.2 Å². The van der Waals surface area contributed by atoms with E-state index in [-0.39, 0.29) is 0 Å². The highest BCUT2D eigenvalue weighted by Crippen LogP contribution is 2.40. The summed E-state index contributed by atoms with van der Waals surface area (Å²) < 4.78 is 0. The summed E-state index contributed by atoms with van der Waals surface area (Å²) in [7, 11) is 0. The van der Waals surface area contributed by atoms with Gasteiger partial charge in [0, 0.05) is 12.0 Å². The van der Waals surface area contributed by atoms with Crippen molar-refractivity contribution in [2.45, 2.75) is 24.8 Å². The monoisotopic (exact) mass is 243 g/mol. The topological polar surface area (TPSA) is 12.0 Å². The molecule has 3 rings (SSSR count). The summed E-state index contributed by atoms with van der Waals surface area (Å²) in [6, 6.07) is 13.8. The molecule has 0 bridgehead atoms. The summed E-state index contributed by atoms with van der Waals surface area (Å²) in [5.74, 6) is 0.749. The molecule has 2 heteroatoms. The van der Waals surface area contributed by atoms with Gasteiger partial charge in [-0.1, -0.05) is 30.3 Å². The molecule has 0 spiro atoms. The molecular weight excluding hydrogens is 226 g/mol. The fraction of sp³-hybridized carbons (Fsp3) is 0.333. The number of nitrogens with one attached hydrogen (secondary N) is 1. The van der Waals surface area contributed by atoms with Crippen LogP contribution in [0.3, 0.4) is 0 Å². The number of hydrogen-bond acceptors (Lipinski definition) is 2. The Balaban J connectivity index is 1.44. The molecule has 1 fully saturated rings. The Kier molecular flexibility index (Phi) is 3.25. The first kappa shape index (κ1) is 11.0. The van der Waals surface area contributed by atoms with Crippen LogP contribution >= 0.6 is 11.3 Å². The van der Waals surface area contributed by atoms with E-state index in [1.165, 1.54) is 17.5 Å². The lowest BCUT2D eigenvalue weighted by molar-refractivity contribution is 0.669. The van der Waals surface area contributed by atoms with Crippen molar-refractivity contribution in [3.63, 3.8) is 0 Å². The summed E-state index contributed by atoms with van der Waals surface area (Å²) in [6.45, 7) is 1.10. The van der Waals surface area contributed by atoms with Crippen LogP contribution in [-0.4, -0.2) is 12.6 Å². The van der Waals surface area contributed by atoms with Gasteiger partial charge in [-0.25, -0.2) is 0 Å². The average molecular weight is 243 g/mol. The molecule has 2 atom stereocenters. The van der Waals surface area contributed by atoms with E-state index in [2.05, 4.69) is 52.5 Å². The Morgan fingerprint density at radius 3 is 2.82 bits per heavy atom. The van der Waals surface area contributed by atoms with Gasteiger partial charge >= 0.3 is 0 Å². The largest absolute Gasteiger partial charge is 0.313 e. The minimum atomic E-state index is 0.705. The molecule has 2 unspecified atom stereocenters. The highest BCUT2D eigenvalue weighted by Gasteiger charge is 2.37. The Morgan fingerprint density at radius 1 is 1.18 bits per heavy atom. The Morgan fingerprint density at radius 2 is 2.06 bits per heavy atom. The molecule has 0 aliphatic heterocycles. The van der Waals surface area contributed by atoms with Crippen molar-refractivity contribution < 1.29 is 0 Å². The minimum absolute atomic E-state index is 0.705. The molecule has 1 N–H and O–H groups in total. The minimum Gasteiger partial charge on any atom is -0.313 e. The molecule has 1 aliphatic carbocycles. The van der Waals surface area contributed by atoms with Crippen molar-refractivity contribution in [2.75, 3.05) is 6.54 Å². The normalized spacial score (nSPS) is 22.6.